The average Bonchev–Trinajstić information content (AvgIpc) is 2.58. The van der Waals surface area contributed by atoms with Crippen molar-refractivity contribution in [3.05, 3.63) is 29.8 Å². The van der Waals surface area contributed by atoms with Gasteiger partial charge in [-0.15, -0.1) is 0 Å². The van der Waals surface area contributed by atoms with Gasteiger partial charge in [-0.3, -0.25) is 4.90 Å². The maximum atomic E-state index is 9.86. The summed E-state index contributed by atoms with van der Waals surface area (Å²) in [6.45, 7) is 4.19. The first kappa shape index (κ1) is 16.6. The first-order valence-electron chi connectivity index (χ1n) is 7.85. The number of nitrogens with zero attached hydrogens (tertiary/aromatic N) is 1. The molecule has 0 bridgehead atoms. The summed E-state index contributed by atoms with van der Waals surface area (Å²) < 4.78 is 16.1. The Balaban J connectivity index is 1.55. The molecule has 0 saturated carbocycles. The summed E-state index contributed by atoms with van der Waals surface area (Å²) in [7, 11) is 0. The van der Waals surface area contributed by atoms with E-state index in [4.69, 9.17) is 14.2 Å². The molecular formula is C16H23NO6. The van der Waals surface area contributed by atoms with Crippen molar-refractivity contribution in [3.63, 3.8) is 0 Å². The van der Waals surface area contributed by atoms with Crippen LogP contribution in [0.3, 0.4) is 0 Å². The van der Waals surface area contributed by atoms with E-state index in [9.17, 15) is 15.3 Å². The number of hydrogen-bond acceptors (Lipinski definition) is 7. The zero-order chi connectivity index (χ0) is 16.2. The van der Waals surface area contributed by atoms with Crippen LogP contribution < -0.4 is 4.74 Å². The van der Waals surface area contributed by atoms with Gasteiger partial charge >= 0.3 is 0 Å². The van der Waals surface area contributed by atoms with Crippen LogP contribution in [0.5, 0.6) is 5.75 Å². The molecule has 2 fully saturated rings. The maximum Gasteiger partial charge on any atom is 0.228 e. The lowest BCUT2D eigenvalue weighted by Gasteiger charge is -2.34. The number of hydrogen-bond donors (Lipinski definition) is 3. The Morgan fingerprint density at radius 2 is 1.74 bits per heavy atom. The highest BCUT2D eigenvalue weighted by Gasteiger charge is 2.38. The van der Waals surface area contributed by atoms with Gasteiger partial charge < -0.3 is 29.5 Å². The molecule has 0 aliphatic carbocycles. The van der Waals surface area contributed by atoms with Gasteiger partial charge in [-0.05, 0) is 17.7 Å². The lowest BCUT2D eigenvalue weighted by molar-refractivity contribution is -0.242. The Kier molecular flexibility index (Phi) is 5.47. The van der Waals surface area contributed by atoms with E-state index in [0.717, 1.165) is 32.8 Å². The van der Waals surface area contributed by atoms with Gasteiger partial charge in [0.15, 0.2) is 0 Å². The van der Waals surface area contributed by atoms with Crippen molar-refractivity contribution in [2.24, 2.45) is 0 Å². The van der Waals surface area contributed by atoms with Gasteiger partial charge in [0.25, 0.3) is 0 Å². The number of morpholine rings is 1. The standard InChI is InChI=1S/C16H23NO6/c18-13-10-22-16(15(20)14(13)19)23-12-3-1-11(2-4-12)9-17-5-7-21-8-6-17/h1-4,13-16,18-20H,5-10H2/t13-,14-,15+,16-/m0/s1. The minimum Gasteiger partial charge on any atom is -0.462 e. The van der Waals surface area contributed by atoms with Gasteiger partial charge in [0.2, 0.25) is 6.29 Å². The molecule has 4 atom stereocenters. The van der Waals surface area contributed by atoms with Crippen molar-refractivity contribution < 1.29 is 29.5 Å². The fraction of sp³-hybridized carbons (Fsp3) is 0.625. The van der Waals surface area contributed by atoms with Gasteiger partial charge in [0, 0.05) is 19.6 Å². The number of ether oxygens (including phenoxy) is 3. The third kappa shape index (κ3) is 4.20. The fourth-order valence-corrected chi connectivity index (χ4v) is 2.71. The molecule has 0 aromatic heterocycles. The topological polar surface area (TPSA) is 91.6 Å². The zero-order valence-corrected chi connectivity index (χ0v) is 12.9. The normalized spacial score (nSPS) is 32.7. The molecule has 2 aliphatic heterocycles. The van der Waals surface area contributed by atoms with Crippen LogP contribution in [0.4, 0.5) is 0 Å². The predicted molar refractivity (Wildman–Crippen MR) is 80.9 cm³/mol. The van der Waals surface area contributed by atoms with Crippen molar-refractivity contribution >= 4 is 0 Å². The smallest absolute Gasteiger partial charge is 0.228 e. The molecule has 3 rings (SSSR count). The Bertz CT molecular complexity index is 490. The van der Waals surface area contributed by atoms with Gasteiger partial charge in [0.05, 0.1) is 19.8 Å². The molecule has 23 heavy (non-hydrogen) atoms. The van der Waals surface area contributed by atoms with Crippen LogP contribution in [-0.4, -0.2) is 77.7 Å². The zero-order valence-electron chi connectivity index (χ0n) is 12.9. The monoisotopic (exact) mass is 325 g/mol. The van der Waals surface area contributed by atoms with E-state index in [1.807, 2.05) is 24.3 Å². The van der Waals surface area contributed by atoms with Crippen LogP contribution in [0.1, 0.15) is 5.56 Å². The number of benzene rings is 1. The van der Waals surface area contributed by atoms with E-state index in [-0.39, 0.29) is 6.61 Å². The second-order valence-electron chi connectivity index (χ2n) is 5.90. The molecule has 2 saturated heterocycles. The third-order valence-corrected chi connectivity index (χ3v) is 4.14. The highest BCUT2D eigenvalue weighted by Crippen LogP contribution is 2.21. The van der Waals surface area contributed by atoms with E-state index in [0.29, 0.717) is 5.75 Å². The summed E-state index contributed by atoms with van der Waals surface area (Å²) in [6, 6.07) is 7.54. The summed E-state index contributed by atoms with van der Waals surface area (Å²) in [6.07, 6.45) is -4.64. The highest BCUT2D eigenvalue weighted by molar-refractivity contribution is 5.27. The van der Waals surface area contributed by atoms with Gasteiger partial charge in [-0.25, -0.2) is 0 Å². The third-order valence-electron chi connectivity index (χ3n) is 4.14. The molecule has 0 unspecified atom stereocenters. The molecule has 1 aromatic carbocycles. The van der Waals surface area contributed by atoms with Crippen molar-refractivity contribution in [1.29, 1.82) is 0 Å². The summed E-state index contributed by atoms with van der Waals surface area (Å²) in [5.74, 6) is 0.545. The second-order valence-corrected chi connectivity index (χ2v) is 5.90. The lowest BCUT2D eigenvalue weighted by Crippen LogP contribution is -2.54. The predicted octanol–water partition coefficient (Wildman–Crippen LogP) is -0.663. The van der Waals surface area contributed by atoms with Gasteiger partial charge in [-0.2, -0.15) is 0 Å². The molecule has 7 heteroatoms. The Labute approximate surface area is 135 Å². The molecule has 0 radical (unpaired) electrons. The fourth-order valence-electron chi connectivity index (χ4n) is 2.71. The molecule has 2 aliphatic rings. The van der Waals surface area contributed by atoms with Crippen molar-refractivity contribution in [1.82, 2.24) is 4.90 Å². The van der Waals surface area contributed by atoms with E-state index in [2.05, 4.69) is 4.90 Å². The van der Waals surface area contributed by atoms with Gasteiger partial charge in [0.1, 0.15) is 24.1 Å². The molecule has 0 amide bonds. The lowest BCUT2D eigenvalue weighted by atomic mass is 10.1. The van der Waals surface area contributed by atoms with E-state index in [1.54, 1.807) is 0 Å². The van der Waals surface area contributed by atoms with E-state index < -0.39 is 24.6 Å². The molecule has 128 valence electrons. The van der Waals surface area contributed by atoms with Crippen LogP contribution >= 0.6 is 0 Å². The minimum atomic E-state index is -1.29. The van der Waals surface area contributed by atoms with Gasteiger partial charge in [-0.1, -0.05) is 12.1 Å². The van der Waals surface area contributed by atoms with Crippen molar-refractivity contribution in [3.8, 4) is 5.75 Å². The Hall–Kier alpha value is -1.22. The summed E-state index contributed by atoms with van der Waals surface area (Å²) >= 11 is 0. The maximum absolute atomic E-state index is 9.86. The summed E-state index contributed by atoms with van der Waals surface area (Å²) in [5, 5.41) is 28.9. The van der Waals surface area contributed by atoms with Crippen LogP contribution in [-0.2, 0) is 16.0 Å². The largest absolute Gasteiger partial charge is 0.462 e. The van der Waals surface area contributed by atoms with Crippen molar-refractivity contribution in [2.75, 3.05) is 32.9 Å². The van der Waals surface area contributed by atoms with E-state index in [1.165, 1.54) is 5.56 Å². The number of aliphatic hydroxyl groups is 3. The Morgan fingerprint density at radius 3 is 2.43 bits per heavy atom. The molecule has 2 heterocycles. The van der Waals surface area contributed by atoms with Crippen LogP contribution in [0.25, 0.3) is 0 Å². The molecular weight excluding hydrogens is 302 g/mol. The average molecular weight is 325 g/mol. The Morgan fingerprint density at radius 1 is 1.04 bits per heavy atom. The van der Waals surface area contributed by atoms with Crippen molar-refractivity contribution in [2.45, 2.75) is 31.1 Å². The first-order valence-corrected chi connectivity index (χ1v) is 7.85. The van der Waals surface area contributed by atoms with Crippen LogP contribution in [0.15, 0.2) is 24.3 Å². The number of rotatable bonds is 4. The quantitative estimate of drug-likeness (QED) is 0.677. The number of aliphatic hydroxyl groups excluding tert-OH is 3. The summed E-state index contributed by atoms with van der Waals surface area (Å²) in [5.41, 5.74) is 1.17. The van der Waals surface area contributed by atoms with Crippen LogP contribution in [0, 0.1) is 0 Å². The molecule has 7 nitrogen and oxygen atoms in total. The van der Waals surface area contributed by atoms with E-state index >= 15 is 0 Å². The molecule has 3 N–H and O–H groups in total. The summed E-state index contributed by atoms with van der Waals surface area (Å²) in [4.78, 5) is 2.32. The highest BCUT2D eigenvalue weighted by atomic mass is 16.7. The minimum absolute atomic E-state index is 0.0714. The van der Waals surface area contributed by atoms with Crippen LogP contribution in [0.2, 0.25) is 0 Å². The second kappa shape index (κ2) is 7.57. The molecule has 1 aromatic rings. The SMILES string of the molecule is O[C@@H]1[C@@H](O)[C@H](Oc2ccc(CN3CCOCC3)cc2)OC[C@@H]1O. The molecule has 0 spiro atoms. The first-order chi connectivity index (χ1) is 11.1.